The van der Waals surface area contributed by atoms with Gasteiger partial charge in [0.1, 0.15) is 11.5 Å². The predicted octanol–water partition coefficient (Wildman–Crippen LogP) is 11.9. The van der Waals surface area contributed by atoms with Crippen LogP contribution in [0.15, 0.2) is 133 Å². The molecule has 2 nitrogen and oxygen atoms in total. The van der Waals surface area contributed by atoms with Crippen LogP contribution in [0, 0.1) is 0 Å². The van der Waals surface area contributed by atoms with E-state index in [-0.39, 0.29) is 10.8 Å². The first kappa shape index (κ1) is 28.2. The van der Waals surface area contributed by atoms with E-state index in [1.54, 1.807) is 0 Å². The maximum atomic E-state index is 6.65. The molecule has 0 saturated carbocycles. The van der Waals surface area contributed by atoms with Crippen molar-refractivity contribution < 1.29 is 4.74 Å². The molecule has 0 fully saturated rings. The van der Waals surface area contributed by atoms with E-state index in [0.29, 0.717) is 0 Å². The SMILES string of the molecule is CC1(C)CCC(C)(C)c2cc(-c3ccccc3Nc3ccc4c(c3)C3(c5ccccc5O4)c4ccccc4-c4ccccc43)ccc21. The summed E-state index contributed by atoms with van der Waals surface area (Å²) in [7, 11) is 0. The van der Waals surface area contributed by atoms with Crippen molar-refractivity contribution in [3.05, 3.63) is 167 Å². The summed E-state index contributed by atoms with van der Waals surface area (Å²) in [5.41, 5.74) is 14.9. The van der Waals surface area contributed by atoms with Crippen LogP contribution in [0.5, 0.6) is 11.5 Å². The van der Waals surface area contributed by atoms with Crippen LogP contribution >= 0.6 is 0 Å². The summed E-state index contributed by atoms with van der Waals surface area (Å²) in [5, 5.41) is 3.86. The number of nitrogens with one attached hydrogen (secondary N) is 1. The van der Waals surface area contributed by atoms with Gasteiger partial charge in [-0.05, 0) is 92.9 Å². The van der Waals surface area contributed by atoms with Gasteiger partial charge in [-0.3, -0.25) is 0 Å². The zero-order valence-electron chi connectivity index (χ0n) is 27.5. The summed E-state index contributed by atoms with van der Waals surface area (Å²) < 4.78 is 6.65. The smallest absolute Gasteiger partial charge is 0.132 e. The second-order valence-electron chi connectivity index (χ2n) is 14.8. The molecule has 1 heterocycles. The van der Waals surface area contributed by atoms with Gasteiger partial charge in [0, 0.05) is 28.1 Å². The Kier molecular flexibility index (Phi) is 5.97. The van der Waals surface area contributed by atoms with Crippen LogP contribution in [-0.4, -0.2) is 0 Å². The zero-order valence-corrected chi connectivity index (χ0v) is 27.5. The van der Waals surface area contributed by atoms with Gasteiger partial charge in [-0.25, -0.2) is 0 Å². The molecule has 0 amide bonds. The summed E-state index contributed by atoms with van der Waals surface area (Å²) in [6.45, 7) is 9.58. The van der Waals surface area contributed by atoms with Crippen LogP contribution in [0.25, 0.3) is 22.3 Å². The van der Waals surface area contributed by atoms with E-state index in [0.717, 1.165) is 28.4 Å². The number of rotatable bonds is 3. The molecule has 2 heteroatoms. The molecule has 47 heavy (non-hydrogen) atoms. The van der Waals surface area contributed by atoms with Crippen molar-refractivity contribution in [3.8, 4) is 33.8 Å². The van der Waals surface area contributed by atoms with Crippen molar-refractivity contribution in [1.82, 2.24) is 0 Å². The summed E-state index contributed by atoms with van der Waals surface area (Å²) in [5.74, 6) is 1.81. The largest absolute Gasteiger partial charge is 0.457 e. The van der Waals surface area contributed by atoms with Crippen LogP contribution in [-0.2, 0) is 16.2 Å². The Morgan fingerprint density at radius 3 is 1.77 bits per heavy atom. The highest BCUT2D eigenvalue weighted by Gasteiger charge is 2.51. The van der Waals surface area contributed by atoms with Crippen molar-refractivity contribution >= 4 is 11.4 Å². The average molecular weight is 610 g/mol. The van der Waals surface area contributed by atoms with Crippen LogP contribution in [0.3, 0.4) is 0 Å². The van der Waals surface area contributed by atoms with Gasteiger partial charge in [-0.2, -0.15) is 0 Å². The molecule has 2 aliphatic carbocycles. The summed E-state index contributed by atoms with van der Waals surface area (Å²) >= 11 is 0. The molecular formula is C45H39NO. The monoisotopic (exact) mass is 609 g/mol. The molecule has 1 N–H and O–H groups in total. The third-order valence-corrected chi connectivity index (χ3v) is 11.2. The van der Waals surface area contributed by atoms with Gasteiger partial charge in [-0.1, -0.05) is 131 Å². The van der Waals surface area contributed by atoms with E-state index in [1.165, 1.54) is 62.9 Å². The number of para-hydroxylation sites is 2. The van der Waals surface area contributed by atoms with Crippen LogP contribution in [0.4, 0.5) is 11.4 Å². The molecule has 0 unspecified atom stereocenters. The molecular weight excluding hydrogens is 571 g/mol. The summed E-state index contributed by atoms with van der Waals surface area (Å²) in [4.78, 5) is 0. The van der Waals surface area contributed by atoms with Gasteiger partial charge < -0.3 is 10.1 Å². The first-order valence-corrected chi connectivity index (χ1v) is 16.9. The van der Waals surface area contributed by atoms with Crippen molar-refractivity contribution in [2.45, 2.75) is 56.8 Å². The standard InChI is InChI=1S/C45H39NO/c1-43(2)25-26-44(3,4)38-27-29(21-23-36(38)43)31-13-7-11-19-40(31)46-30-22-24-42-39(28-30)45(37-18-10-12-20-41(37)47-42)34-16-8-5-14-32(34)33-15-6-9-17-35(33)45/h5-24,27-28,46H,25-26H2,1-4H3. The van der Waals surface area contributed by atoms with Crippen molar-refractivity contribution in [2.24, 2.45) is 0 Å². The van der Waals surface area contributed by atoms with Gasteiger partial charge in [-0.15, -0.1) is 0 Å². The fraction of sp³-hybridized carbons (Fsp3) is 0.200. The van der Waals surface area contributed by atoms with Gasteiger partial charge in [0.15, 0.2) is 0 Å². The molecule has 6 aromatic rings. The molecule has 0 saturated heterocycles. The predicted molar refractivity (Wildman–Crippen MR) is 194 cm³/mol. The molecule has 6 aromatic carbocycles. The fourth-order valence-electron chi connectivity index (χ4n) is 8.69. The number of anilines is 2. The number of ether oxygens (including phenoxy) is 1. The Morgan fingerprint density at radius 2 is 1.04 bits per heavy atom. The maximum absolute atomic E-state index is 6.65. The number of benzene rings is 6. The van der Waals surface area contributed by atoms with E-state index in [4.69, 9.17) is 4.74 Å². The molecule has 1 spiro atoms. The minimum absolute atomic E-state index is 0.153. The van der Waals surface area contributed by atoms with Crippen LogP contribution in [0.2, 0.25) is 0 Å². The highest BCUT2D eigenvalue weighted by atomic mass is 16.5. The molecule has 9 rings (SSSR count). The van der Waals surface area contributed by atoms with Crippen molar-refractivity contribution in [3.63, 3.8) is 0 Å². The second-order valence-corrected chi connectivity index (χ2v) is 14.8. The Labute approximate surface area is 278 Å². The topological polar surface area (TPSA) is 21.3 Å². The Bertz CT molecular complexity index is 2170. The van der Waals surface area contributed by atoms with Crippen molar-refractivity contribution in [2.75, 3.05) is 5.32 Å². The van der Waals surface area contributed by atoms with E-state index in [9.17, 15) is 0 Å². The third kappa shape index (κ3) is 4.04. The molecule has 230 valence electrons. The van der Waals surface area contributed by atoms with E-state index >= 15 is 0 Å². The van der Waals surface area contributed by atoms with Crippen molar-refractivity contribution in [1.29, 1.82) is 0 Å². The minimum Gasteiger partial charge on any atom is -0.457 e. The Morgan fingerprint density at radius 1 is 0.468 bits per heavy atom. The Balaban J connectivity index is 1.20. The number of hydrogen-bond acceptors (Lipinski definition) is 2. The summed E-state index contributed by atoms with van der Waals surface area (Å²) in [6.07, 6.45) is 2.41. The minimum atomic E-state index is -0.481. The first-order valence-electron chi connectivity index (χ1n) is 16.9. The van der Waals surface area contributed by atoms with E-state index < -0.39 is 5.41 Å². The molecule has 0 atom stereocenters. The fourth-order valence-corrected chi connectivity index (χ4v) is 8.69. The highest BCUT2D eigenvalue weighted by Crippen LogP contribution is 2.62. The lowest BCUT2D eigenvalue weighted by Crippen LogP contribution is -2.33. The Hall–Kier alpha value is -5.08. The molecule has 0 radical (unpaired) electrons. The third-order valence-electron chi connectivity index (χ3n) is 11.2. The van der Waals surface area contributed by atoms with Gasteiger partial charge >= 0.3 is 0 Å². The van der Waals surface area contributed by atoms with Gasteiger partial charge in [0.05, 0.1) is 5.41 Å². The lowest BCUT2D eigenvalue weighted by molar-refractivity contribution is 0.332. The highest BCUT2D eigenvalue weighted by molar-refractivity contribution is 5.89. The quantitative estimate of drug-likeness (QED) is 0.215. The van der Waals surface area contributed by atoms with Gasteiger partial charge in [0.2, 0.25) is 0 Å². The number of fused-ring (bicyclic) bond motifs is 10. The lowest BCUT2D eigenvalue weighted by Gasteiger charge is -2.42. The van der Waals surface area contributed by atoms with Gasteiger partial charge in [0.25, 0.3) is 0 Å². The molecule has 3 aliphatic rings. The molecule has 1 aliphatic heterocycles. The van der Waals surface area contributed by atoms with E-state index in [1.807, 2.05) is 0 Å². The van der Waals surface area contributed by atoms with Crippen LogP contribution < -0.4 is 10.1 Å². The average Bonchev–Trinajstić information content (AvgIpc) is 3.38. The zero-order chi connectivity index (χ0) is 32.0. The molecule has 0 aromatic heterocycles. The number of hydrogen-bond donors (Lipinski definition) is 1. The van der Waals surface area contributed by atoms with E-state index in [2.05, 4.69) is 166 Å². The lowest BCUT2D eigenvalue weighted by atomic mass is 9.63. The van der Waals surface area contributed by atoms with Crippen LogP contribution in [0.1, 0.15) is 73.9 Å². The first-order chi connectivity index (χ1) is 22.8. The maximum Gasteiger partial charge on any atom is 0.132 e. The summed E-state index contributed by atoms with van der Waals surface area (Å²) in [6, 6.07) is 48.8. The second kappa shape index (κ2) is 9.96. The normalized spacial score (nSPS) is 17.0. The molecule has 0 bridgehead atoms.